The molecule has 1 aromatic rings. The molecule has 10 heteroatoms. The van der Waals surface area contributed by atoms with E-state index < -0.39 is 29.9 Å². The second kappa shape index (κ2) is 10.1. The Kier molecular flexibility index (Phi) is 7.12. The molecule has 2 bridgehead atoms. The Bertz CT molecular complexity index is 1030. The first-order valence-electron chi connectivity index (χ1n) is 13.3. The van der Waals surface area contributed by atoms with Crippen LogP contribution in [-0.4, -0.2) is 52.6 Å². The van der Waals surface area contributed by atoms with Gasteiger partial charge in [-0.3, -0.25) is 9.59 Å². The highest BCUT2D eigenvalue weighted by molar-refractivity contribution is 5.81. The Morgan fingerprint density at radius 2 is 1.89 bits per heavy atom. The Labute approximate surface area is 216 Å². The molecule has 0 unspecified atom stereocenters. The normalized spacial score (nSPS) is 38.4. The third-order valence-corrected chi connectivity index (χ3v) is 8.68. The van der Waals surface area contributed by atoms with E-state index in [1.54, 1.807) is 6.07 Å². The van der Waals surface area contributed by atoms with Gasteiger partial charge >= 0.3 is 5.97 Å². The van der Waals surface area contributed by atoms with Crippen molar-refractivity contribution in [1.29, 1.82) is 0 Å². The van der Waals surface area contributed by atoms with Crippen molar-refractivity contribution in [3.63, 3.8) is 0 Å². The van der Waals surface area contributed by atoms with Crippen LogP contribution in [-0.2, 0) is 40.0 Å². The maximum atomic E-state index is 12.7. The van der Waals surface area contributed by atoms with Gasteiger partial charge in [0, 0.05) is 31.2 Å². The van der Waals surface area contributed by atoms with E-state index in [0.29, 0.717) is 25.3 Å². The molecule has 204 valence electrons. The molecule has 8 atom stereocenters. The molecule has 1 spiro atoms. The number of rotatable bonds is 7. The number of phenolic OH excluding ortho intramolecular Hbond substituents is 2. The Morgan fingerprint density at radius 1 is 1.08 bits per heavy atom. The third kappa shape index (κ3) is 4.92. The average molecular weight is 520 g/mol. The molecule has 4 aliphatic heterocycles. The van der Waals surface area contributed by atoms with Gasteiger partial charge in [-0.25, -0.2) is 9.78 Å². The summed E-state index contributed by atoms with van der Waals surface area (Å²) < 4.78 is 18.3. The number of amides is 1. The van der Waals surface area contributed by atoms with Crippen LogP contribution in [0.1, 0.15) is 64.9 Å². The topological polar surface area (TPSA) is 133 Å². The zero-order valence-electron chi connectivity index (χ0n) is 21.6. The lowest BCUT2D eigenvalue weighted by Crippen LogP contribution is -2.70. The summed E-state index contributed by atoms with van der Waals surface area (Å²) in [4.78, 5) is 36.8. The molecule has 6 rings (SSSR count). The molecule has 5 aliphatic rings. The van der Waals surface area contributed by atoms with Crippen LogP contribution in [0.4, 0.5) is 0 Å². The molecule has 1 saturated carbocycles. The first-order valence-corrected chi connectivity index (χ1v) is 13.3. The molecule has 1 aliphatic carbocycles. The van der Waals surface area contributed by atoms with Crippen LogP contribution in [0.25, 0.3) is 0 Å². The lowest BCUT2D eigenvalue weighted by atomic mass is 9.58. The van der Waals surface area contributed by atoms with Crippen LogP contribution >= 0.6 is 0 Å². The summed E-state index contributed by atoms with van der Waals surface area (Å²) in [5.74, 6) is -1.47. The van der Waals surface area contributed by atoms with Crippen molar-refractivity contribution in [2.75, 3.05) is 6.54 Å². The largest absolute Gasteiger partial charge is 0.504 e. The summed E-state index contributed by atoms with van der Waals surface area (Å²) in [5, 5.41) is 21.7. The van der Waals surface area contributed by atoms with Crippen LogP contribution < -0.4 is 5.32 Å². The summed E-state index contributed by atoms with van der Waals surface area (Å²) in [6.07, 6.45) is 2.50. The van der Waals surface area contributed by atoms with Gasteiger partial charge in [-0.05, 0) is 62.1 Å². The maximum Gasteiger partial charge on any atom is 0.308 e. The van der Waals surface area contributed by atoms with Gasteiger partial charge in [-0.2, -0.15) is 0 Å². The van der Waals surface area contributed by atoms with Gasteiger partial charge in [-0.15, -0.1) is 0 Å². The molecule has 4 heterocycles. The number of benzene rings is 1. The van der Waals surface area contributed by atoms with E-state index >= 15 is 0 Å². The average Bonchev–Trinajstić information content (AvgIpc) is 3.09. The number of hydrogen-bond acceptors (Lipinski definition) is 9. The summed E-state index contributed by atoms with van der Waals surface area (Å²) in [5.41, 5.74) is 0.0534. The Hall–Kier alpha value is -2.40. The minimum Gasteiger partial charge on any atom is -0.504 e. The van der Waals surface area contributed by atoms with E-state index in [-0.39, 0.29) is 48.0 Å². The second-order valence-electron chi connectivity index (χ2n) is 11.2. The van der Waals surface area contributed by atoms with Gasteiger partial charge < -0.3 is 29.7 Å². The summed E-state index contributed by atoms with van der Waals surface area (Å²) in [7, 11) is 0. The minimum atomic E-state index is -0.899. The number of carbonyl (C=O) groups excluding carboxylic acids is 2. The van der Waals surface area contributed by atoms with Crippen LogP contribution in [0.5, 0.6) is 11.5 Å². The fourth-order valence-electron chi connectivity index (χ4n) is 6.57. The SMILES string of the molecule is C[C@H]1[C@H](OC(=O)CCC(=O)NCCc2ccc(O)c(O)c2)O[C@@H]2O[C@@]3(C)CC[C@H]4[C@H](C)CC[C@@H]1[C@@]24OO3. The number of fused-ring (bicyclic) bond motifs is 2. The summed E-state index contributed by atoms with van der Waals surface area (Å²) in [6.45, 7) is 6.44. The fourth-order valence-corrected chi connectivity index (χ4v) is 6.57. The van der Waals surface area contributed by atoms with Crippen molar-refractivity contribution in [3.05, 3.63) is 23.8 Å². The van der Waals surface area contributed by atoms with Crippen molar-refractivity contribution in [2.45, 2.75) is 89.7 Å². The van der Waals surface area contributed by atoms with Gasteiger partial charge in [0.25, 0.3) is 0 Å². The first kappa shape index (κ1) is 26.2. The fraction of sp³-hybridized carbons (Fsp3) is 0.704. The quantitative estimate of drug-likeness (QED) is 0.282. The zero-order chi connectivity index (χ0) is 26.4. The highest BCUT2D eigenvalue weighted by Crippen LogP contribution is 2.60. The van der Waals surface area contributed by atoms with Crippen molar-refractivity contribution in [1.82, 2.24) is 5.32 Å². The van der Waals surface area contributed by atoms with E-state index in [2.05, 4.69) is 12.2 Å². The predicted molar refractivity (Wildman–Crippen MR) is 129 cm³/mol. The number of hydrogen-bond donors (Lipinski definition) is 3. The highest BCUT2D eigenvalue weighted by atomic mass is 17.3. The lowest BCUT2D eigenvalue weighted by molar-refractivity contribution is -0.576. The van der Waals surface area contributed by atoms with Gasteiger partial charge in [-0.1, -0.05) is 19.9 Å². The number of aromatic hydroxyl groups is 2. The molecule has 5 fully saturated rings. The van der Waals surface area contributed by atoms with Gasteiger partial charge in [0.1, 0.15) is 0 Å². The first-order chi connectivity index (χ1) is 17.6. The summed E-state index contributed by atoms with van der Waals surface area (Å²) >= 11 is 0. The van der Waals surface area contributed by atoms with Crippen LogP contribution in [0.2, 0.25) is 0 Å². The molecule has 37 heavy (non-hydrogen) atoms. The molecule has 10 nitrogen and oxygen atoms in total. The molecule has 1 aromatic carbocycles. The highest BCUT2D eigenvalue weighted by Gasteiger charge is 2.69. The van der Waals surface area contributed by atoms with E-state index in [0.717, 1.165) is 24.8 Å². The van der Waals surface area contributed by atoms with Gasteiger partial charge in [0.05, 0.1) is 6.42 Å². The van der Waals surface area contributed by atoms with E-state index in [9.17, 15) is 19.8 Å². The minimum absolute atomic E-state index is 0.0112. The van der Waals surface area contributed by atoms with Gasteiger partial charge in [0.2, 0.25) is 18.0 Å². The number of nitrogens with one attached hydrogen (secondary N) is 1. The van der Waals surface area contributed by atoms with Gasteiger partial charge in [0.15, 0.2) is 23.4 Å². The zero-order valence-corrected chi connectivity index (χ0v) is 21.6. The Balaban J connectivity index is 1.14. The van der Waals surface area contributed by atoms with Crippen molar-refractivity contribution in [3.8, 4) is 11.5 Å². The predicted octanol–water partition coefficient (Wildman–Crippen LogP) is 3.29. The molecule has 0 aromatic heterocycles. The summed E-state index contributed by atoms with van der Waals surface area (Å²) in [6, 6.07) is 4.52. The second-order valence-corrected chi connectivity index (χ2v) is 11.2. The van der Waals surface area contributed by atoms with Crippen molar-refractivity contribution < 1.29 is 43.8 Å². The molecular formula is C27H37NO9. The monoisotopic (exact) mass is 519 g/mol. The third-order valence-electron chi connectivity index (χ3n) is 8.68. The molecule has 1 amide bonds. The molecule has 3 N–H and O–H groups in total. The van der Waals surface area contributed by atoms with Crippen molar-refractivity contribution in [2.24, 2.45) is 23.7 Å². The molecular weight excluding hydrogens is 482 g/mol. The maximum absolute atomic E-state index is 12.7. The number of esters is 1. The van der Waals surface area contributed by atoms with Crippen LogP contribution in [0.3, 0.4) is 0 Å². The van der Waals surface area contributed by atoms with E-state index in [4.69, 9.17) is 24.0 Å². The van der Waals surface area contributed by atoms with Crippen molar-refractivity contribution >= 4 is 11.9 Å². The Morgan fingerprint density at radius 3 is 2.68 bits per heavy atom. The van der Waals surface area contributed by atoms with Crippen LogP contribution in [0.15, 0.2) is 18.2 Å². The number of ether oxygens (including phenoxy) is 3. The lowest BCUT2D eigenvalue weighted by Gasteiger charge is -2.59. The number of phenols is 2. The standard InChI is InChI=1S/C27H37NO9/c1-15-4-6-19-16(2)24(34-25-27(19)18(15)10-12-26(3,35-25)36-37-27)33-23(32)9-8-22(31)28-13-11-17-5-7-20(29)21(30)14-17/h5,7,14-16,18-19,24-25,29-30H,4,6,8-13H2,1-3H3,(H,28,31)/t15-,16-,18+,19+,24-,25-,26-,27-/m1/s1. The number of carbonyl (C=O) groups is 2. The van der Waals surface area contributed by atoms with E-state index in [1.807, 2.05) is 13.8 Å². The smallest absolute Gasteiger partial charge is 0.308 e. The molecule has 0 radical (unpaired) electrons. The van der Waals surface area contributed by atoms with E-state index in [1.165, 1.54) is 12.1 Å². The van der Waals surface area contributed by atoms with Crippen LogP contribution in [0, 0.1) is 23.7 Å². The molecule has 4 saturated heterocycles.